The Bertz CT molecular complexity index is 1330. The van der Waals surface area contributed by atoms with Crippen LogP contribution in [0.15, 0.2) is 76.8 Å². The number of nitrogens with zero attached hydrogens (tertiary/aromatic N) is 3. The molecule has 2 heterocycles. The van der Waals surface area contributed by atoms with Crippen molar-refractivity contribution in [3.63, 3.8) is 0 Å². The molecule has 0 atom stereocenters. The van der Waals surface area contributed by atoms with Gasteiger partial charge >= 0.3 is 0 Å². The second kappa shape index (κ2) is 8.20. The summed E-state index contributed by atoms with van der Waals surface area (Å²) in [4.78, 5) is 29.4. The highest BCUT2D eigenvalue weighted by atomic mass is 32.1. The highest BCUT2D eigenvalue weighted by Crippen LogP contribution is 2.13. The number of hydrogen-bond donors (Lipinski definition) is 0. The Balaban J connectivity index is 1.70. The molecule has 2 aromatic carbocycles. The summed E-state index contributed by atoms with van der Waals surface area (Å²) in [6, 6.07) is 16.9. The molecule has 0 bridgehead atoms. The number of benzene rings is 2. The predicted octanol–water partition coefficient (Wildman–Crippen LogP) is 2.21. The molecule has 0 N–H and O–H groups in total. The molecule has 0 spiro atoms. The van der Waals surface area contributed by atoms with Crippen molar-refractivity contribution >= 4 is 22.4 Å². The van der Waals surface area contributed by atoms with Crippen LogP contribution in [0.3, 0.4) is 0 Å². The van der Waals surface area contributed by atoms with Crippen molar-refractivity contribution < 1.29 is 4.74 Å². The van der Waals surface area contributed by atoms with Gasteiger partial charge in [0.05, 0.1) is 4.53 Å². The van der Waals surface area contributed by atoms with Crippen LogP contribution in [0.1, 0.15) is 16.8 Å². The summed E-state index contributed by atoms with van der Waals surface area (Å²) in [6.07, 6.45) is 3.76. The van der Waals surface area contributed by atoms with Crippen LogP contribution in [0, 0.1) is 0 Å². The number of thiazole rings is 1. The van der Waals surface area contributed by atoms with E-state index >= 15 is 0 Å². The van der Waals surface area contributed by atoms with Crippen molar-refractivity contribution in [2.24, 2.45) is 0 Å². The van der Waals surface area contributed by atoms with Crippen molar-refractivity contribution in [2.45, 2.75) is 6.42 Å². The third-order valence-electron chi connectivity index (χ3n) is 4.21. The van der Waals surface area contributed by atoms with Crippen molar-refractivity contribution in [1.82, 2.24) is 14.6 Å². The molecule has 0 aliphatic heterocycles. The molecule has 144 valence electrons. The van der Waals surface area contributed by atoms with Gasteiger partial charge in [-0.3, -0.25) is 9.59 Å². The average molecular weight is 403 g/mol. The van der Waals surface area contributed by atoms with Gasteiger partial charge in [0.15, 0.2) is 0 Å². The molecule has 0 radical (unpaired) electrons. The minimum absolute atomic E-state index is 0.249. The van der Waals surface area contributed by atoms with E-state index < -0.39 is 5.56 Å². The minimum atomic E-state index is -0.412. The van der Waals surface area contributed by atoms with Crippen LogP contribution in [0.2, 0.25) is 0 Å². The first kappa shape index (κ1) is 18.8. The molecule has 0 saturated carbocycles. The van der Waals surface area contributed by atoms with Gasteiger partial charge in [0.25, 0.3) is 11.1 Å². The second-order valence-corrected chi connectivity index (χ2v) is 7.31. The SMILES string of the molecule is C=CCOc1ccc(/C=c2/sc3nc(=O)c(Cc4ccccc4)nn3c2=O)cc1. The summed E-state index contributed by atoms with van der Waals surface area (Å²) < 4.78 is 7.12. The van der Waals surface area contributed by atoms with Crippen molar-refractivity contribution in [3.05, 3.63) is 109 Å². The maximum Gasteiger partial charge on any atom is 0.296 e. The Kier molecular flexibility index (Phi) is 5.31. The second-order valence-electron chi connectivity index (χ2n) is 6.30. The van der Waals surface area contributed by atoms with E-state index in [1.165, 1.54) is 4.52 Å². The van der Waals surface area contributed by atoms with Gasteiger partial charge in [0, 0.05) is 6.42 Å². The molecule has 0 unspecified atom stereocenters. The van der Waals surface area contributed by atoms with Crippen molar-refractivity contribution in [2.75, 3.05) is 6.61 Å². The normalized spacial score (nSPS) is 11.7. The van der Waals surface area contributed by atoms with Crippen molar-refractivity contribution in [3.8, 4) is 5.75 Å². The molecule has 4 rings (SSSR count). The zero-order chi connectivity index (χ0) is 20.2. The fourth-order valence-electron chi connectivity index (χ4n) is 2.81. The highest BCUT2D eigenvalue weighted by molar-refractivity contribution is 7.15. The first-order valence-electron chi connectivity index (χ1n) is 8.96. The van der Waals surface area contributed by atoms with Crippen LogP contribution in [0.25, 0.3) is 11.0 Å². The summed E-state index contributed by atoms with van der Waals surface area (Å²) in [5.74, 6) is 0.722. The maximum absolute atomic E-state index is 12.8. The summed E-state index contributed by atoms with van der Waals surface area (Å²) in [6.45, 7) is 4.05. The standard InChI is InChI=1S/C22H17N3O3S/c1-2-12-28-17-10-8-16(9-11-17)14-19-21(27)25-22(29-19)23-20(26)18(24-25)13-15-6-4-3-5-7-15/h2-11,14H,1,12-13H2/b19-14+. The molecular weight excluding hydrogens is 386 g/mol. The molecule has 4 aromatic rings. The van der Waals surface area contributed by atoms with Crippen LogP contribution >= 0.6 is 11.3 Å². The lowest BCUT2D eigenvalue weighted by Crippen LogP contribution is -2.28. The van der Waals surface area contributed by atoms with Crippen LogP contribution in [-0.2, 0) is 6.42 Å². The van der Waals surface area contributed by atoms with Gasteiger partial charge in [-0.25, -0.2) is 0 Å². The highest BCUT2D eigenvalue weighted by Gasteiger charge is 2.11. The Morgan fingerprint density at radius 1 is 1.07 bits per heavy atom. The van der Waals surface area contributed by atoms with Crippen LogP contribution in [0.5, 0.6) is 5.75 Å². The fourth-order valence-corrected chi connectivity index (χ4v) is 3.71. The quantitative estimate of drug-likeness (QED) is 0.462. The molecule has 7 heteroatoms. The summed E-state index contributed by atoms with van der Waals surface area (Å²) in [5, 5.41) is 4.27. The van der Waals surface area contributed by atoms with E-state index in [-0.39, 0.29) is 16.2 Å². The van der Waals surface area contributed by atoms with E-state index in [1.54, 1.807) is 12.2 Å². The molecule has 0 amide bonds. The van der Waals surface area contributed by atoms with Crippen LogP contribution < -0.4 is 20.4 Å². The third-order valence-corrected chi connectivity index (χ3v) is 5.17. The molecule has 29 heavy (non-hydrogen) atoms. The first-order valence-corrected chi connectivity index (χ1v) is 9.78. The van der Waals surface area contributed by atoms with Crippen LogP contribution in [-0.4, -0.2) is 21.2 Å². The Labute approximate surface area is 170 Å². The summed E-state index contributed by atoms with van der Waals surface area (Å²) in [5.41, 5.74) is 1.32. The zero-order valence-corrected chi connectivity index (χ0v) is 16.3. The molecular formula is C22H17N3O3S. The summed E-state index contributed by atoms with van der Waals surface area (Å²) >= 11 is 1.14. The van der Waals surface area contributed by atoms with Gasteiger partial charge in [-0.05, 0) is 29.3 Å². The van der Waals surface area contributed by atoms with Gasteiger partial charge in [-0.1, -0.05) is 66.5 Å². The minimum Gasteiger partial charge on any atom is -0.490 e. The van der Waals surface area contributed by atoms with E-state index in [4.69, 9.17) is 4.74 Å². The topological polar surface area (TPSA) is 73.6 Å². The van der Waals surface area contributed by atoms with Gasteiger partial charge in [0.1, 0.15) is 18.1 Å². The number of ether oxygens (including phenoxy) is 1. The monoisotopic (exact) mass is 403 g/mol. The lowest BCUT2D eigenvalue weighted by molar-refractivity contribution is 0.363. The number of rotatable bonds is 6. The van der Waals surface area contributed by atoms with Gasteiger partial charge in [-0.2, -0.15) is 14.6 Å². The van der Waals surface area contributed by atoms with Gasteiger partial charge < -0.3 is 4.74 Å². The van der Waals surface area contributed by atoms with Gasteiger partial charge in [-0.15, -0.1) is 0 Å². The lowest BCUT2D eigenvalue weighted by Gasteiger charge is -2.02. The molecule has 0 aliphatic carbocycles. The zero-order valence-electron chi connectivity index (χ0n) is 15.4. The Hall–Kier alpha value is -3.58. The Morgan fingerprint density at radius 3 is 2.55 bits per heavy atom. The lowest BCUT2D eigenvalue weighted by atomic mass is 10.1. The van der Waals surface area contributed by atoms with Crippen LogP contribution in [0.4, 0.5) is 0 Å². The van der Waals surface area contributed by atoms with E-state index in [9.17, 15) is 9.59 Å². The molecule has 0 aliphatic rings. The van der Waals surface area contributed by atoms with Gasteiger partial charge in [0.2, 0.25) is 4.96 Å². The first-order chi connectivity index (χ1) is 14.1. The van der Waals surface area contributed by atoms with Crippen molar-refractivity contribution in [1.29, 1.82) is 0 Å². The van der Waals surface area contributed by atoms with E-state index in [0.717, 1.165) is 28.2 Å². The van der Waals surface area contributed by atoms with E-state index in [2.05, 4.69) is 16.7 Å². The molecule has 0 saturated heterocycles. The molecule has 0 fully saturated rings. The van der Waals surface area contributed by atoms with E-state index in [1.807, 2.05) is 54.6 Å². The molecule has 6 nitrogen and oxygen atoms in total. The Morgan fingerprint density at radius 2 is 1.83 bits per heavy atom. The maximum atomic E-state index is 12.8. The number of fused-ring (bicyclic) bond motifs is 1. The predicted molar refractivity (Wildman–Crippen MR) is 114 cm³/mol. The van der Waals surface area contributed by atoms with E-state index in [0.29, 0.717) is 17.6 Å². The third kappa shape index (κ3) is 4.14. The summed E-state index contributed by atoms with van der Waals surface area (Å²) in [7, 11) is 0. The average Bonchev–Trinajstić information content (AvgIpc) is 3.03. The molecule has 2 aromatic heterocycles. The number of aromatic nitrogens is 3. The number of hydrogen-bond acceptors (Lipinski definition) is 6. The fraction of sp³-hybridized carbons (Fsp3) is 0.0909. The largest absolute Gasteiger partial charge is 0.490 e. The smallest absolute Gasteiger partial charge is 0.296 e.